The van der Waals surface area contributed by atoms with E-state index in [1.807, 2.05) is 24.3 Å². The molecule has 2 aliphatic rings. The first kappa shape index (κ1) is 25.1. The number of rotatable bonds is 6. The van der Waals surface area contributed by atoms with Crippen molar-refractivity contribution < 1.29 is 23.9 Å². The number of benzene rings is 2. The monoisotopic (exact) mass is 517 g/mol. The third-order valence-electron chi connectivity index (χ3n) is 5.90. The number of morpholine rings is 1. The van der Waals surface area contributed by atoms with Crippen LogP contribution in [0.3, 0.4) is 0 Å². The molecule has 1 fully saturated rings. The molecule has 0 radical (unpaired) electrons. The highest BCUT2D eigenvalue weighted by molar-refractivity contribution is 6.38. The molecule has 3 aromatic rings. The summed E-state index contributed by atoms with van der Waals surface area (Å²) in [5, 5.41) is 17.7. The van der Waals surface area contributed by atoms with E-state index in [9.17, 15) is 9.90 Å². The maximum Gasteiger partial charge on any atom is 0.260 e. The van der Waals surface area contributed by atoms with Crippen molar-refractivity contribution >= 4 is 46.9 Å². The zero-order valence-corrected chi connectivity index (χ0v) is 20.6. The highest BCUT2D eigenvalue weighted by Gasteiger charge is 2.31. The topological polar surface area (TPSA) is 97.1 Å². The summed E-state index contributed by atoms with van der Waals surface area (Å²) >= 11 is 6.54. The van der Waals surface area contributed by atoms with Crippen LogP contribution in [0.1, 0.15) is 17.0 Å². The van der Waals surface area contributed by atoms with Gasteiger partial charge in [0.2, 0.25) is 5.76 Å². The van der Waals surface area contributed by atoms with Gasteiger partial charge in [-0.15, -0.1) is 12.4 Å². The van der Waals surface area contributed by atoms with Gasteiger partial charge in [-0.25, -0.2) is 0 Å². The number of nitrogens with one attached hydrogen (secondary N) is 1. The van der Waals surface area contributed by atoms with Gasteiger partial charge in [-0.05, 0) is 36.8 Å². The van der Waals surface area contributed by atoms with E-state index in [1.54, 1.807) is 25.1 Å². The third kappa shape index (κ3) is 5.31. The molecule has 2 aliphatic heterocycles. The minimum Gasteiger partial charge on any atom is -0.504 e. The zero-order valence-electron chi connectivity index (χ0n) is 19.0. The number of aryl methyl sites for hydroxylation is 1. The van der Waals surface area contributed by atoms with Gasteiger partial charge in [0.1, 0.15) is 12.4 Å². The zero-order chi connectivity index (χ0) is 23.7. The number of carbonyl (C=O) groups is 1. The number of amides is 1. The van der Waals surface area contributed by atoms with Crippen LogP contribution in [0.2, 0.25) is 5.02 Å². The molecule has 2 N–H and O–H groups in total. The minimum atomic E-state index is -0.432. The van der Waals surface area contributed by atoms with Crippen LogP contribution >= 0.6 is 24.0 Å². The number of anilines is 1. The third-order valence-corrected chi connectivity index (χ3v) is 6.21. The molecule has 35 heavy (non-hydrogen) atoms. The number of nitrogens with zero attached hydrogens (tertiary/aromatic N) is 2. The molecule has 0 aliphatic carbocycles. The molecule has 1 saturated heterocycles. The summed E-state index contributed by atoms with van der Waals surface area (Å²) in [6.07, 6.45) is 0. The average Bonchev–Trinajstić information content (AvgIpc) is 3.41. The van der Waals surface area contributed by atoms with Crippen molar-refractivity contribution in [3.05, 3.63) is 64.5 Å². The van der Waals surface area contributed by atoms with Gasteiger partial charge in [-0.1, -0.05) is 28.9 Å². The second-order valence-corrected chi connectivity index (χ2v) is 8.62. The molecular formula is C25H25Cl2N3O5. The smallest absolute Gasteiger partial charge is 0.260 e. The molecule has 1 amide bonds. The van der Waals surface area contributed by atoms with Crippen molar-refractivity contribution in [3.8, 4) is 16.9 Å². The number of halogens is 2. The Labute approximate surface area is 213 Å². The molecule has 1 aromatic heterocycles. The lowest BCUT2D eigenvalue weighted by Crippen LogP contribution is -2.38. The Balaban J connectivity index is 0.00000289. The fraction of sp³-hybridized carbons (Fsp3) is 0.280. The van der Waals surface area contributed by atoms with Gasteiger partial charge in [0.25, 0.3) is 5.91 Å². The summed E-state index contributed by atoms with van der Waals surface area (Å²) < 4.78 is 16.4. The summed E-state index contributed by atoms with van der Waals surface area (Å²) in [4.78, 5) is 14.9. The molecule has 3 heterocycles. The highest BCUT2D eigenvalue weighted by Crippen LogP contribution is 2.42. The maximum atomic E-state index is 12.6. The Morgan fingerprint density at radius 3 is 2.60 bits per heavy atom. The molecule has 8 nitrogen and oxygen atoms in total. The molecule has 5 rings (SSSR count). The summed E-state index contributed by atoms with van der Waals surface area (Å²) in [6, 6.07) is 12.7. The van der Waals surface area contributed by atoms with E-state index < -0.39 is 5.91 Å². The number of aliphatic hydroxyl groups is 1. The normalized spacial score (nSPS) is 16.9. The lowest BCUT2D eigenvalue weighted by atomic mass is 9.98. The molecule has 0 bridgehead atoms. The number of carbonyl (C=O) groups excluding carboxylic acids is 1. The van der Waals surface area contributed by atoms with E-state index in [2.05, 4.69) is 15.4 Å². The number of aliphatic hydroxyl groups excluding tert-OH is 1. The van der Waals surface area contributed by atoms with Crippen LogP contribution in [0, 0.1) is 6.92 Å². The molecular weight excluding hydrogens is 493 g/mol. The maximum absolute atomic E-state index is 12.6. The Hall–Kier alpha value is -3.04. The second-order valence-electron chi connectivity index (χ2n) is 8.21. The highest BCUT2D eigenvalue weighted by atomic mass is 35.5. The van der Waals surface area contributed by atoms with Crippen molar-refractivity contribution in [2.24, 2.45) is 0 Å². The predicted octanol–water partition coefficient (Wildman–Crippen LogP) is 4.81. The largest absolute Gasteiger partial charge is 0.504 e. The van der Waals surface area contributed by atoms with Gasteiger partial charge in [-0.2, -0.15) is 0 Å². The molecule has 0 atom stereocenters. The van der Waals surface area contributed by atoms with Crippen LogP contribution in [-0.2, 0) is 9.53 Å². The Bertz CT molecular complexity index is 1250. The van der Waals surface area contributed by atoms with Gasteiger partial charge >= 0.3 is 0 Å². The molecule has 0 unspecified atom stereocenters. The lowest BCUT2D eigenvalue weighted by Gasteiger charge is -2.26. The van der Waals surface area contributed by atoms with E-state index in [0.29, 0.717) is 28.6 Å². The van der Waals surface area contributed by atoms with Crippen LogP contribution in [0.4, 0.5) is 5.69 Å². The van der Waals surface area contributed by atoms with Gasteiger partial charge in [0.15, 0.2) is 5.76 Å². The Kier molecular flexibility index (Phi) is 7.66. The molecule has 184 valence electrons. The number of aromatic nitrogens is 1. The Morgan fingerprint density at radius 2 is 1.91 bits per heavy atom. The fourth-order valence-corrected chi connectivity index (χ4v) is 4.37. The number of fused-ring (bicyclic) bond motifs is 1. The van der Waals surface area contributed by atoms with Gasteiger partial charge in [-0.3, -0.25) is 9.69 Å². The minimum absolute atomic E-state index is 0. The number of hydrogen-bond donors (Lipinski definition) is 2. The molecule has 10 heteroatoms. The van der Waals surface area contributed by atoms with Gasteiger partial charge in [0, 0.05) is 36.8 Å². The SMILES string of the molecule is Cc1cc(C(O)=C2C(=O)Nc3cc(Cl)c(-c4ccc(OCCN5CCOCC5)cc4)cc32)on1.Cl. The number of ether oxygens (including phenoxy) is 2. The average molecular weight is 518 g/mol. The van der Waals surface area contributed by atoms with Crippen LogP contribution < -0.4 is 10.1 Å². The quantitative estimate of drug-likeness (QED) is 0.357. The van der Waals surface area contributed by atoms with Crippen LogP contribution in [-0.4, -0.2) is 60.5 Å². The Morgan fingerprint density at radius 1 is 1.17 bits per heavy atom. The fourth-order valence-electron chi connectivity index (χ4n) is 4.09. The summed E-state index contributed by atoms with van der Waals surface area (Å²) in [6.45, 7) is 6.58. The first-order valence-corrected chi connectivity index (χ1v) is 11.4. The van der Waals surface area contributed by atoms with Crippen molar-refractivity contribution in [2.45, 2.75) is 6.92 Å². The summed E-state index contributed by atoms with van der Waals surface area (Å²) in [7, 11) is 0. The van der Waals surface area contributed by atoms with E-state index >= 15 is 0 Å². The van der Waals surface area contributed by atoms with Gasteiger partial charge in [0.05, 0.1) is 35.2 Å². The van der Waals surface area contributed by atoms with E-state index in [1.165, 1.54) is 0 Å². The first-order chi connectivity index (χ1) is 16.5. The lowest BCUT2D eigenvalue weighted by molar-refractivity contribution is -0.110. The van der Waals surface area contributed by atoms with E-state index in [4.69, 9.17) is 25.6 Å². The summed E-state index contributed by atoms with van der Waals surface area (Å²) in [5.41, 5.74) is 3.39. The summed E-state index contributed by atoms with van der Waals surface area (Å²) in [5.74, 6) is 0.198. The standard InChI is InChI=1S/C25H24ClN3O5.ClH/c1-15-12-22(34-28-15)24(30)23-19-13-18(20(26)14-21(19)27-25(23)31)16-2-4-17(5-3-16)33-11-8-29-6-9-32-10-7-29;/h2-5,12-14,30H,6-11H2,1H3,(H,27,31);1H. The van der Waals surface area contributed by atoms with Crippen LogP contribution in [0.15, 0.2) is 47.0 Å². The van der Waals surface area contributed by atoms with Crippen molar-refractivity contribution in [3.63, 3.8) is 0 Å². The molecule has 2 aromatic carbocycles. The van der Waals surface area contributed by atoms with Crippen molar-refractivity contribution in [2.75, 3.05) is 44.8 Å². The van der Waals surface area contributed by atoms with E-state index in [-0.39, 0.29) is 29.5 Å². The van der Waals surface area contributed by atoms with Crippen molar-refractivity contribution in [1.82, 2.24) is 10.1 Å². The van der Waals surface area contributed by atoms with Crippen molar-refractivity contribution in [1.29, 1.82) is 0 Å². The van der Waals surface area contributed by atoms with Gasteiger partial charge < -0.3 is 24.4 Å². The first-order valence-electron chi connectivity index (χ1n) is 11.0. The van der Waals surface area contributed by atoms with E-state index in [0.717, 1.165) is 49.7 Å². The second kappa shape index (κ2) is 10.7. The van der Waals surface area contributed by atoms with Crippen LogP contribution in [0.25, 0.3) is 22.5 Å². The number of hydrogen-bond acceptors (Lipinski definition) is 7. The molecule has 0 saturated carbocycles. The van der Waals surface area contributed by atoms with Crippen LogP contribution in [0.5, 0.6) is 5.75 Å². The molecule has 0 spiro atoms. The predicted molar refractivity (Wildman–Crippen MR) is 136 cm³/mol.